The van der Waals surface area contributed by atoms with Crippen molar-refractivity contribution in [2.24, 2.45) is 0 Å². The maximum Gasteiger partial charge on any atom is 0.0579 e. The molecule has 0 spiro atoms. The fourth-order valence-corrected chi connectivity index (χ4v) is 7.01. The molecular weight excluding hydrogens is 410 g/mol. The van der Waals surface area contributed by atoms with Gasteiger partial charge in [0.05, 0.1) is 11.0 Å². The molecule has 34 heavy (non-hydrogen) atoms. The Bertz CT molecular complexity index is 1880. The van der Waals surface area contributed by atoms with Gasteiger partial charge in [0.25, 0.3) is 0 Å². The van der Waals surface area contributed by atoms with E-state index in [0.717, 1.165) is 19.3 Å². The van der Waals surface area contributed by atoms with Crippen molar-refractivity contribution in [3.63, 3.8) is 0 Å². The fourth-order valence-electron chi connectivity index (χ4n) is 7.01. The van der Waals surface area contributed by atoms with Crippen LogP contribution in [0.5, 0.6) is 0 Å². The molecule has 5 aromatic carbocycles. The molecule has 0 N–H and O–H groups in total. The summed E-state index contributed by atoms with van der Waals surface area (Å²) in [7, 11) is 0. The molecule has 0 fully saturated rings. The summed E-state index contributed by atoms with van der Waals surface area (Å²) in [5.41, 5.74) is 18.8. The third-order valence-corrected chi connectivity index (χ3v) is 8.45. The van der Waals surface area contributed by atoms with E-state index in [0.29, 0.717) is 0 Å². The van der Waals surface area contributed by atoms with Crippen LogP contribution in [0.4, 0.5) is 0 Å². The van der Waals surface area contributed by atoms with Crippen molar-refractivity contribution in [1.82, 2.24) is 4.57 Å². The van der Waals surface area contributed by atoms with Gasteiger partial charge in [0.15, 0.2) is 0 Å². The third kappa shape index (κ3) is 1.98. The first-order valence-corrected chi connectivity index (χ1v) is 12.3. The van der Waals surface area contributed by atoms with Crippen LogP contribution in [0.2, 0.25) is 0 Å². The highest BCUT2D eigenvalue weighted by Crippen LogP contribution is 2.50. The summed E-state index contributed by atoms with van der Waals surface area (Å²) in [5, 5.41) is 2.76. The highest BCUT2D eigenvalue weighted by Gasteiger charge is 2.31. The number of hydrogen-bond acceptors (Lipinski definition) is 0. The van der Waals surface area contributed by atoms with Gasteiger partial charge in [-0.2, -0.15) is 0 Å². The smallest absolute Gasteiger partial charge is 0.0579 e. The number of nitrogens with zero attached hydrogens (tertiary/aromatic N) is 1. The van der Waals surface area contributed by atoms with Crippen LogP contribution in [0.25, 0.3) is 49.7 Å². The van der Waals surface area contributed by atoms with Crippen LogP contribution in [0.1, 0.15) is 33.4 Å². The van der Waals surface area contributed by atoms with Gasteiger partial charge in [0.1, 0.15) is 0 Å². The van der Waals surface area contributed by atoms with E-state index in [9.17, 15) is 0 Å². The lowest BCUT2D eigenvalue weighted by atomic mass is 9.90. The minimum atomic E-state index is 1.02. The normalized spacial score (nSPS) is 14.1. The van der Waals surface area contributed by atoms with Crippen LogP contribution < -0.4 is 0 Å². The zero-order valence-corrected chi connectivity index (χ0v) is 18.7. The van der Waals surface area contributed by atoms with Gasteiger partial charge in [-0.25, -0.2) is 0 Å². The first kappa shape index (κ1) is 17.4. The number of para-hydroxylation sites is 2. The molecule has 0 bridgehead atoms. The summed E-state index contributed by atoms with van der Waals surface area (Å²) in [6.07, 6.45) is 3.10. The molecule has 1 heteroatoms. The van der Waals surface area contributed by atoms with E-state index in [-0.39, 0.29) is 0 Å². The molecule has 0 saturated carbocycles. The lowest BCUT2D eigenvalue weighted by Crippen LogP contribution is -2.09. The molecule has 0 amide bonds. The topological polar surface area (TPSA) is 4.93 Å². The summed E-state index contributed by atoms with van der Waals surface area (Å²) in [6.45, 7) is 0. The zero-order valence-electron chi connectivity index (χ0n) is 18.7. The van der Waals surface area contributed by atoms with Crippen LogP contribution in [0.15, 0.2) is 91.0 Å². The molecule has 3 aliphatic rings. The van der Waals surface area contributed by atoms with E-state index in [1.54, 1.807) is 0 Å². The number of rotatable bonds is 0. The minimum absolute atomic E-state index is 1.02. The Labute approximate surface area is 197 Å². The van der Waals surface area contributed by atoms with Crippen molar-refractivity contribution in [3.05, 3.63) is 124 Å². The molecule has 0 saturated heterocycles. The van der Waals surface area contributed by atoms with Gasteiger partial charge >= 0.3 is 0 Å². The molecule has 1 nitrogen and oxygen atoms in total. The molecule has 1 aliphatic heterocycles. The van der Waals surface area contributed by atoms with Crippen LogP contribution >= 0.6 is 0 Å². The molecule has 0 atom stereocenters. The van der Waals surface area contributed by atoms with Gasteiger partial charge < -0.3 is 4.57 Å². The Kier molecular flexibility index (Phi) is 3.00. The molecule has 0 unspecified atom stereocenters. The Morgan fingerprint density at radius 2 is 1.18 bits per heavy atom. The van der Waals surface area contributed by atoms with Gasteiger partial charge in [-0.1, -0.05) is 60.7 Å². The summed E-state index contributed by atoms with van der Waals surface area (Å²) in [5.74, 6) is 0. The third-order valence-electron chi connectivity index (χ3n) is 8.45. The predicted molar refractivity (Wildman–Crippen MR) is 140 cm³/mol. The summed E-state index contributed by atoms with van der Waals surface area (Å²) in [4.78, 5) is 0. The fraction of sp³-hybridized carbons (Fsp3) is 0.0909. The van der Waals surface area contributed by atoms with E-state index in [2.05, 4.69) is 95.6 Å². The van der Waals surface area contributed by atoms with Gasteiger partial charge in [0, 0.05) is 22.9 Å². The number of aromatic nitrogens is 1. The Morgan fingerprint density at radius 1 is 0.471 bits per heavy atom. The van der Waals surface area contributed by atoms with Crippen molar-refractivity contribution in [2.45, 2.75) is 19.3 Å². The SMILES string of the molecule is c1ccc2c(c1)Cc1cc3c(cc1-2)Cc1c-3cc2c3ccccc3n3c2c1Cc1ccccc1-3. The van der Waals surface area contributed by atoms with Crippen molar-refractivity contribution in [1.29, 1.82) is 0 Å². The number of fused-ring (bicyclic) bond motifs is 12. The summed E-state index contributed by atoms with van der Waals surface area (Å²) < 4.78 is 2.53. The van der Waals surface area contributed by atoms with Crippen LogP contribution in [-0.4, -0.2) is 4.57 Å². The number of benzene rings is 5. The summed E-state index contributed by atoms with van der Waals surface area (Å²) in [6, 6.07) is 34.3. The van der Waals surface area contributed by atoms with E-state index >= 15 is 0 Å². The molecule has 0 radical (unpaired) electrons. The van der Waals surface area contributed by atoms with Gasteiger partial charge in [-0.3, -0.25) is 0 Å². The second-order valence-corrected chi connectivity index (χ2v) is 10.1. The molecular formula is C33H21N. The highest BCUT2D eigenvalue weighted by atomic mass is 15.0. The van der Waals surface area contributed by atoms with Crippen LogP contribution in [0, 0.1) is 0 Å². The van der Waals surface area contributed by atoms with E-state index in [4.69, 9.17) is 0 Å². The van der Waals surface area contributed by atoms with Crippen molar-refractivity contribution in [3.8, 4) is 27.9 Å². The lowest BCUT2D eigenvalue weighted by molar-refractivity contribution is 1.02. The van der Waals surface area contributed by atoms with Crippen molar-refractivity contribution in [2.75, 3.05) is 0 Å². The van der Waals surface area contributed by atoms with E-state index < -0.39 is 0 Å². The predicted octanol–water partition coefficient (Wildman–Crippen LogP) is 7.83. The highest BCUT2D eigenvalue weighted by molar-refractivity contribution is 6.13. The van der Waals surface area contributed by atoms with E-state index in [1.165, 1.54) is 83.1 Å². The Hall–Kier alpha value is -4.10. The second-order valence-electron chi connectivity index (χ2n) is 10.1. The first-order chi connectivity index (χ1) is 16.8. The molecule has 2 heterocycles. The molecule has 6 aromatic rings. The Balaban J connectivity index is 1.37. The first-order valence-electron chi connectivity index (χ1n) is 12.3. The lowest BCUT2D eigenvalue weighted by Gasteiger charge is -2.23. The number of hydrogen-bond donors (Lipinski definition) is 0. The Morgan fingerprint density at radius 3 is 2.12 bits per heavy atom. The van der Waals surface area contributed by atoms with Gasteiger partial charge in [-0.15, -0.1) is 0 Å². The van der Waals surface area contributed by atoms with E-state index in [1.807, 2.05) is 0 Å². The molecule has 1 aromatic heterocycles. The summed E-state index contributed by atoms with van der Waals surface area (Å²) >= 11 is 0. The maximum absolute atomic E-state index is 2.53. The maximum atomic E-state index is 2.53. The van der Waals surface area contributed by atoms with Crippen LogP contribution in [0.3, 0.4) is 0 Å². The molecule has 9 rings (SSSR count). The molecule has 158 valence electrons. The van der Waals surface area contributed by atoms with Crippen molar-refractivity contribution < 1.29 is 0 Å². The second kappa shape index (κ2) is 5.87. The average molecular weight is 432 g/mol. The van der Waals surface area contributed by atoms with Gasteiger partial charge in [-0.05, 0) is 98.8 Å². The average Bonchev–Trinajstić information content (AvgIpc) is 3.53. The standard InChI is InChI=1S/C33H21N/c1-3-9-23-19(7-1)13-21-15-26-22(16-25(21)23)17-27-28(26)18-30-24-10-4-6-12-32(24)34-31-11-5-2-8-20(31)14-29(27)33(30)34/h1-12,15-16,18H,13-14,17H2. The van der Waals surface area contributed by atoms with Crippen LogP contribution in [-0.2, 0) is 19.3 Å². The zero-order chi connectivity index (χ0) is 22.0. The largest absolute Gasteiger partial charge is 0.309 e. The monoisotopic (exact) mass is 431 g/mol. The quantitative estimate of drug-likeness (QED) is 0.231. The van der Waals surface area contributed by atoms with Gasteiger partial charge in [0.2, 0.25) is 0 Å². The minimum Gasteiger partial charge on any atom is -0.309 e. The van der Waals surface area contributed by atoms with Crippen molar-refractivity contribution >= 4 is 21.8 Å². The molecule has 2 aliphatic carbocycles.